The lowest BCUT2D eigenvalue weighted by Crippen LogP contribution is -2.30. The zero-order valence-corrected chi connectivity index (χ0v) is 15.3. The number of amides is 2. The summed E-state index contributed by atoms with van der Waals surface area (Å²) in [4.78, 5) is 24.0. The molecule has 0 saturated carbocycles. The van der Waals surface area contributed by atoms with Gasteiger partial charge in [-0.2, -0.15) is 0 Å². The van der Waals surface area contributed by atoms with Crippen molar-refractivity contribution in [3.05, 3.63) is 54.1 Å². The molecule has 0 spiro atoms. The van der Waals surface area contributed by atoms with Gasteiger partial charge in [0.25, 0.3) is 5.91 Å². The Morgan fingerprint density at radius 1 is 1.04 bits per heavy atom. The van der Waals surface area contributed by atoms with E-state index < -0.39 is 0 Å². The van der Waals surface area contributed by atoms with Gasteiger partial charge in [-0.25, -0.2) is 0 Å². The Morgan fingerprint density at radius 2 is 1.77 bits per heavy atom. The van der Waals surface area contributed by atoms with Crippen LogP contribution in [0.2, 0.25) is 0 Å². The first-order chi connectivity index (χ1) is 12.5. The number of carbonyl (C=O) groups is 2. The monoisotopic (exact) mass is 355 g/mol. The fourth-order valence-corrected chi connectivity index (χ4v) is 2.30. The molecule has 138 valence electrons. The van der Waals surface area contributed by atoms with Gasteiger partial charge in [0.15, 0.2) is 0 Å². The van der Waals surface area contributed by atoms with Crippen LogP contribution in [-0.2, 0) is 4.79 Å². The van der Waals surface area contributed by atoms with Crippen LogP contribution in [0.15, 0.2) is 48.5 Å². The van der Waals surface area contributed by atoms with Gasteiger partial charge in [0.2, 0.25) is 5.91 Å². The molecule has 2 rings (SSSR count). The summed E-state index contributed by atoms with van der Waals surface area (Å²) in [5.74, 6) is 0.452. The largest absolute Gasteiger partial charge is 0.494 e. The predicted octanol–water partition coefficient (Wildman–Crippen LogP) is 3.27. The van der Waals surface area contributed by atoms with Crippen LogP contribution in [0.5, 0.6) is 5.75 Å². The van der Waals surface area contributed by atoms with Crippen molar-refractivity contribution in [1.29, 1.82) is 0 Å². The van der Waals surface area contributed by atoms with E-state index in [4.69, 9.17) is 4.74 Å². The Kier molecular flexibility index (Phi) is 7.02. The van der Waals surface area contributed by atoms with E-state index in [0.29, 0.717) is 17.9 Å². The fraction of sp³-hybridized carbons (Fsp3) is 0.300. The van der Waals surface area contributed by atoms with Crippen molar-refractivity contribution >= 4 is 23.2 Å². The first-order valence-electron chi connectivity index (χ1n) is 8.65. The molecule has 0 heterocycles. The maximum atomic E-state index is 12.1. The molecule has 6 heteroatoms. The summed E-state index contributed by atoms with van der Waals surface area (Å²) in [6.07, 6.45) is 0. The Morgan fingerprint density at radius 3 is 2.42 bits per heavy atom. The fourth-order valence-electron chi connectivity index (χ4n) is 2.30. The first-order valence-corrected chi connectivity index (χ1v) is 8.65. The van der Waals surface area contributed by atoms with Crippen molar-refractivity contribution in [3.63, 3.8) is 0 Å². The molecule has 26 heavy (non-hydrogen) atoms. The molecule has 0 atom stereocenters. The minimum atomic E-state index is -0.175. The highest BCUT2D eigenvalue weighted by Gasteiger charge is 2.08. The third-order valence-corrected chi connectivity index (χ3v) is 3.45. The number of ether oxygens (including phenoxy) is 1. The van der Waals surface area contributed by atoms with Gasteiger partial charge in [0.05, 0.1) is 13.2 Å². The normalized spacial score (nSPS) is 10.3. The van der Waals surface area contributed by atoms with E-state index in [1.807, 2.05) is 45.0 Å². The lowest BCUT2D eigenvalue weighted by Gasteiger charge is -2.11. The van der Waals surface area contributed by atoms with Gasteiger partial charge in [-0.15, -0.1) is 0 Å². The lowest BCUT2D eigenvalue weighted by atomic mass is 10.2. The highest BCUT2D eigenvalue weighted by Crippen LogP contribution is 2.17. The van der Waals surface area contributed by atoms with Crippen molar-refractivity contribution < 1.29 is 14.3 Å². The molecule has 0 saturated heterocycles. The van der Waals surface area contributed by atoms with E-state index in [1.165, 1.54) is 0 Å². The molecule has 2 aromatic rings. The predicted molar refractivity (Wildman–Crippen MR) is 104 cm³/mol. The molecular formula is C20H25N3O3. The molecule has 6 nitrogen and oxygen atoms in total. The molecule has 0 aromatic heterocycles. The molecular weight excluding hydrogens is 330 g/mol. The van der Waals surface area contributed by atoms with Crippen molar-refractivity contribution in [3.8, 4) is 5.75 Å². The number of carbonyl (C=O) groups excluding carboxylic acids is 2. The zero-order chi connectivity index (χ0) is 18.9. The Hall–Kier alpha value is -3.02. The molecule has 3 N–H and O–H groups in total. The number of anilines is 2. The average Bonchev–Trinajstić information content (AvgIpc) is 2.61. The van der Waals surface area contributed by atoms with E-state index in [0.717, 1.165) is 11.4 Å². The number of hydrogen-bond donors (Lipinski definition) is 3. The number of benzene rings is 2. The van der Waals surface area contributed by atoms with Gasteiger partial charge < -0.3 is 20.7 Å². The molecule has 0 aliphatic heterocycles. The Balaban J connectivity index is 1.86. The van der Waals surface area contributed by atoms with Crippen molar-refractivity contribution in [1.82, 2.24) is 5.32 Å². The maximum absolute atomic E-state index is 12.1. The summed E-state index contributed by atoms with van der Waals surface area (Å²) in [7, 11) is 0. The number of rotatable bonds is 8. The molecule has 0 radical (unpaired) electrons. The first kappa shape index (κ1) is 19.3. The zero-order valence-electron chi connectivity index (χ0n) is 15.3. The third kappa shape index (κ3) is 6.12. The van der Waals surface area contributed by atoms with E-state index >= 15 is 0 Å². The van der Waals surface area contributed by atoms with Gasteiger partial charge in [-0.3, -0.25) is 9.59 Å². The highest BCUT2D eigenvalue weighted by molar-refractivity contribution is 5.96. The van der Waals surface area contributed by atoms with E-state index in [-0.39, 0.29) is 24.4 Å². The van der Waals surface area contributed by atoms with Crippen molar-refractivity contribution in [2.45, 2.75) is 26.8 Å². The molecule has 0 bridgehead atoms. The topological polar surface area (TPSA) is 79.5 Å². The van der Waals surface area contributed by atoms with Gasteiger partial charge in [-0.05, 0) is 57.2 Å². The minimum absolute atomic E-state index is 0.0779. The Labute approximate surface area is 153 Å². The summed E-state index contributed by atoms with van der Waals surface area (Å²) >= 11 is 0. The van der Waals surface area contributed by atoms with Crippen molar-refractivity contribution in [2.24, 2.45) is 0 Å². The highest BCUT2D eigenvalue weighted by atomic mass is 16.5. The molecule has 0 aliphatic carbocycles. The maximum Gasteiger partial charge on any atom is 0.251 e. The standard InChI is InChI=1S/C20H25N3O3/c1-4-26-18-7-5-6-17(12-18)21-13-19(24)23-16-10-8-15(9-11-16)20(25)22-14(2)3/h5-12,14,21H,4,13H2,1-3H3,(H,22,25)(H,23,24). The molecule has 0 fully saturated rings. The lowest BCUT2D eigenvalue weighted by molar-refractivity contribution is -0.114. The van der Waals surface area contributed by atoms with Gasteiger partial charge >= 0.3 is 0 Å². The third-order valence-electron chi connectivity index (χ3n) is 3.45. The van der Waals surface area contributed by atoms with Gasteiger partial charge in [0.1, 0.15) is 5.75 Å². The van der Waals surface area contributed by atoms with E-state index in [1.54, 1.807) is 24.3 Å². The van der Waals surface area contributed by atoms with Gasteiger partial charge in [0, 0.05) is 29.0 Å². The van der Waals surface area contributed by atoms with E-state index in [9.17, 15) is 9.59 Å². The summed E-state index contributed by atoms with van der Waals surface area (Å²) in [5, 5.41) is 8.68. The molecule has 2 aromatic carbocycles. The van der Waals surface area contributed by atoms with Crippen LogP contribution in [0, 0.1) is 0 Å². The smallest absolute Gasteiger partial charge is 0.251 e. The van der Waals surface area contributed by atoms with E-state index in [2.05, 4.69) is 16.0 Å². The average molecular weight is 355 g/mol. The van der Waals surface area contributed by atoms with Crippen LogP contribution in [0.4, 0.5) is 11.4 Å². The second kappa shape index (κ2) is 9.46. The molecule has 0 aliphatic rings. The Bertz CT molecular complexity index is 742. The second-order valence-electron chi connectivity index (χ2n) is 6.07. The molecule has 2 amide bonds. The van der Waals surface area contributed by atoms with Crippen LogP contribution in [0.1, 0.15) is 31.1 Å². The van der Waals surface area contributed by atoms with Gasteiger partial charge in [-0.1, -0.05) is 6.07 Å². The van der Waals surface area contributed by atoms with Crippen LogP contribution < -0.4 is 20.7 Å². The molecule has 0 unspecified atom stereocenters. The summed E-state index contributed by atoms with van der Waals surface area (Å²) < 4.78 is 5.43. The second-order valence-corrected chi connectivity index (χ2v) is 6.07. The van der Waals surface area contributed by atoms with Crippen LogP contribution in [0.3, 0.4) is 0 Å². The van der Waals surface area contributed by atoms with Crippen molar-refractivity contribution in [2.75, 3.05) is 23.8 Å². The number of hydrogen-bond acceptors (Lipinski definition) is 4. The summed E-state index contributed by atoms with van der Waals surface area (Å²) in [5.41, 5.74) is 2.01. The van der Waals surface area contributed by atoms with Crippen LogP contribution in [0.25, 0.3) is 0 Å². The number of nitrogens with one attached hydrogen (secondary N) is 3. The SMILES string of the molecule is CCOc1cccc(NCC(=O)Nc2ccc(C(=O)NC(C)C)cc2)c1. The van der Waals surface area contributed by atoms with Crippen LogP contribution >= 0.6 is 0 Å². The quantitative estimate of drug-likeness (QED) is 0.679. The summed E-state index contributed by atoms with van der Waals surface area (Å²) in [6.45, 7) is 6.46. The minimum Gasteiger partial charge on any atom is -0.494 e. The van der Waals surface area contributed by atoms with Crippen LogP contribution in [-0.4, -0.2) is 31.0 Å². The summed E-state index contributed by atoms with van der Waals surface area (Å²) in [6, 6.07) is 14.3.